The second-order valence-corrected chi connectivity index (χ2v) is 5.56. The number of nitrogens with two attached hydrogens (primary N) is 1. The van der Waals surface area contributed by atoms with Crippen LogP contribution in [0.4, 0.5) is 0 Å². The van der Waals surface area contributed by atoms with Gasteiger partial charge in [0.15, 0.2) is 5.84 Å². The van der Waals surface area contributed by atoms with E-state index >= 15 is 0 Å². The van der Waals surface area contributed by atoms with Gasteiger partial charge in [-0.25, -0.2) is 0 Å². The van der Waals surface area contributed by atoms with Crippen molar-refractivity contribution in [2.45, 2.75) is 45.6 Å². The molecule has 3 atom stereocenters. The van der Waals surface area contributed by atoms with Crippen LogP contribution in [0.3, 0.4) is 0 Å². The van der Waals surface area contributed by atoms with Gasteiger partial charge in [-0.2, -0.15) is 0 Å². The Morgan fingerprint density at radius 3 is 2.47 bits per heavy atom. The van der Waals surface area contributed by atoms with E-state index < -0.39 is 5.41 Å². The number of amides is 1. The van der Waals surface area contributed by atoms with E-state index in [9.17, 15) is 4.79 Å². The van der Waals surface area contributed by atoms with Crippen molar-refractivity contribution >= 4 is 11.7 Å². The normalized spacial score (nSPS) is 35.6. The molecule has 0 aromatic heterocycles. The first-order valence-electron chi connectivity index (χ1n) is 6.30. The van der Waals surface area contributed by atoms with E-state index in [1.807, 2.05) is 0 Å². The van der Waals surface area contributed by atoms with Crippen LogP contribution in [0.25, 0.3) is 0 Å². The maximum absolute atomic E-state index is 12.2. The molecular formula is C12H21N3O2. The van der Waals surface area contributed by atoms with E-state index in [0.29, 0.717) is 24.7 Å². The van der Waals surface area contributed by atoms with Crippen LogP contribution in [0.15, 0.2) is 5.16 Å². The van der Waals surface area contributed by atoms with Gasteiger partial charge in [-0.15, -0.1) is 0 Å². The van der Waals surface area contributed by atoms with Crippen molar-refractivity contribution in [3.8, 4) is 0 Å². The van der Waals surface area contributed by atoms with Crippen molar-refractivity contribution in [1.82, 2.24) is 5.32 Å². The summed E-state index contributed by atoms with van der Waals surface area (Å²) in [5.41, 5.74) is 4.87. The molecule has 5 heteroatoms. The molecular weight excluding hydrogens is 218 g/mol. The van der Waals surface area contributed by atoms with Gasteiger partial charge >= 0.3 is 0 Å². The van der Waals surface area contributed by atoms with Gasteiger partial charge in [0.25, 0.3) is 0 Å². The summed E-state index contributed by atoms with van der Waals surface area (Å²) in [5, 5.41) is 14.7. The Hall–Kier alpha value is -1.26. The van der Waals surface area contributed by atoms with E-state index in [1.54, 1.807) is 0 Å². The topological polar surface area (TPSA) is 87.7 Å². The zero-order chi connectivity index (χ0) is 12.6. The summed E-state index contributed by atoms with van der Waals surface area (Å²) in [6, 6.07) is 0.237. The second kappa shape index (κ2) is 4.20. The van der Waals surface area contributed by atoms with Crippen molar-refractivity contribution in [2.24, 2.45) is 28.1 Å². The number of hydrogen-bond acceptors (Lipinski definition) is 3. The zero-order valence-corrected chi connectivity index (χ0v) is 10.4. The molecule has 2 aliphatic rings. The number of amidine groups is 1. The smallest absolute Gasteiger partial charge is 0.234 e. The van der Waals surface area contributed by atoms with Crippen LogP contribution in [0.2, 0.25) is 0 Å². The average Bonchev–Trinajstić information content (AvgIpc) is 3.07. The largest absolute Gasteiger partial charge is 0.409 e. The summed E-state index contributed by atoms with van der Waals surface area (Å²) in [7, 11) is 0. The standard InChI is InChI=1S/C12H21N3O2/c1-7-3-4-9(8(7)2)14-11(16)12(5-6-12)10(13)15-17/h7-9,17H,3-6H2,1-2H3,(H2,13,15)(H,14,16). The van der Waals surface area contributed by atoms with Gasteiger partial charge in [0.1, 0.15) is 5.41 Å². The minimum atomic E-state index is -0.722. The lowest BCUT2D eigenvalue weighted by atomic mass is 9.96. The fourth-order valence-corrected chi connectivity index (χ4v) is 2.70. The van der Waals surface area contributed by atoms with Gasteiger partial charge in [-0.05, 0) is 37.5 Å². The second-order valence-electron chi connectivity index (χ2n) is 5.56. The minimum absolute atomic E-state index is 0.0497. The summed E-state index contributed by atoms with van der Waals surface area (Å²) < 4.78 is 0. The van der Waals surface area contributed by atoms with E-state index in [2.05, 4.69) is 24.3 Å². The van der Waals surface area contributed by atoms with Crippen LogP contribution in [0.5, 0.6) is 0 Å². The molecule has 1 amide bonds. The van der Waals surface area contributed by atoms with Gasteiger partial charge < -0.3 is 16.3 Å². The fraction of sp³-hybridized carbons (Fsp3) is 0.833. The van der Waals surface area contributed by atoms with E-state index in [-0.39, 0.29) is 17.8 Å². The summed E-state index contributed by atoms with van der Waals surface area (Å²) in [4.78, 5) is 12.2. The first-order valence-corrected chi connectivity index (χ1v) is 6.30. The predicted octanol–water partition coefficient (Wildman–Crippen LogP) is 1.06. The van der Waals surface area contributed by atoms with Crippen molar-refractivity contribution in [2.75, 3.05) is 0 Å². The fourth-order valence-electron chi connectivity index (χ4n) is 2.70. The Morgan fingerprint density at radius 2 is 2.06 bits per heavy atom. The summed E-state index contributed by atoms with van der Waals surface area (Å²) >= 11 is 0. The van der Waals surface area contributed by atoms with Crippen LogP contribution in [0.1, 0.15) is 39.5 Å². The first-order chi connectivity index (χ1) is 8.01. The van der Waals surface area contributed by atoms with Gasteiger partial charge in [-0.3, -0.25) is 4.79 Å². The predicted molar refractivity (Wildman–Crippen MR) is 64.6 cm³/mol. The molecule has 0 aromatic rings. The summed E-state index contributed by atoms with van der Waals surface area (Å²) in [6.45, 7) is 4.39. The maximum atomic E-state index is 12.2. The van der Waals surface area contributed by atoms with Gasteiger partial charge in [0.05, 0.1) is 0 Å². The molecule has 0 saturated heterocycles. The quantitative estimate of drug-likeness (QED) is 0.298. The highest BCUT2D eigenvalue weighted by molar-refractivity contribution is 6.09. The molecule has 17 heavy (non-hydrogen) atoms. The molecule has 2 saturated carbocycles. The third-order valence-electron chi connectivity index (χ3n) is 4.56. The zero-order valence-electron chi connectivity index (χ0n) is 10.4. The molecule has 0 aromatic carbocycles. The van der Waals surface area contributed by atoms with Crippen molar-refractivity contribution in [3.63, 3.8) is 0 Å². The Labute approximate surface area is 101 Å². The van der Waals surface area contributed by atoms with Gasteiger partial charge in [-0.1, -0.05) is 19.0 Å². The highest BCUT2D eigenvalue weighted by atomic mass is 16.4. The maximum Gasteiger partial charge on any atom is 0.234 e. The number of carbonyl (C=O) groups is 1. The van der Waals surface area contributed by atoms with Crippen LogP contribution >= 0.6 is 0 Å². The Balaban J connectivity index is 1.99. The summed E-state index contributed by atoms with van der Waals surface area (Å²) in [6.07, 6.45) is 3.56. The number of nitrogens with one attached hydrogen (secondary N) is 1. The molecule has 96 valence electrons. The lowest BCUT2D eigenvalue weighted by molar-refractivity contribution is -0.125. The molecule has 0 aliphatic heterocycles. The number of oxime groups is 1. The lowest BCUT2D eigenvalue weighted by Crippen LogP contribution is -2.46. The highest BCUT2D eigenvalue weighted by Crippen LogP contribution is 2.46. The lowest BCUT2D eigenvalue weighted by Gasteiger charge is -2.22. The average molecular weight is 239 g/mol. The molecule has 0 spiro atoms. The summed E-state index contributed by atoms with van der Waals surface area (Å²) in [5.74, 6) is 1.13. The highest BCUT2D eigenvalue weighted by Gasteiger charge is 2.54. The van der Waals surface area contributed by atoms with Crippen molar-refractivity contribution < 1.29 is 10.0 Å². The Kier molecular flexibility index (Phi) is 3.02. The Bertz CT molecular complexity index is 350. The molecule has 2 rings (SSSR count). The molecule has 3 unspecified atom stereocenters. The molecule has 0 radical (unpaired) electrons. The van der Waals surface area contributed by atoms with Crippen molar-refractivity contribution in [3.05, 3.63) is 0 Å². The number of carbonyl (C=O) groups excluding carboxylic acids is 1. The van der Waals surface area contributed by atoms with Crippen molar-refractivity contribution in [1.29, 1.82) is 0 Å². The van der Waals surface area contributed by atoms with Gasteiger partial charge in [0, 0.05) is 6.04 Å². The van der Waals surface area contributed by atoms with Crippen LogP contribution < -0.4 is 11.1 Å². The van der Waals surface area contributed by atoms with Gasteiger partial charge in [0.2, 0.25) is 5.91 Å². The molecule has 5 nitrogen and oxygen atoms in total. The van der Waals surface area contributed by atoms with Crippen LogP contribution in [-0.2, 0) is 4.79 Å². The molecule has 0 heterocycles. The monoisotopic (exact) mass is 239 g/mol. The SMILES string of the molecule is CC1CCC(NC(=O)C2(C(N)=NO)CC2)C1C. The number of rotatable bonds is 3. The molecule has 2 fully saturated rings. The van der Waals surface area contributed by atoms with E-state index in [1.165, 1.54) is 0 Å². The third kappa shape index (κ3) is 1.98. The van der Waals surface area contributed by atoms with E-state index in [4.69, 9.17) is 10.9 Å². The van der Waals surface area contributed by atoms with E-state index in [0.717, 1.165) is 12.8 Å². The first kappa shape index (κ1) is 12.2. The van der Waals surface area contributed by atoms with Crippen LogP contribution in [-0.4, -0.2) is 23.0 Å². The Morgan fingerprint density at radius 1 is 1.41 bits per heavy atom. The molecule has 2 aliphatic carbocycles. The molecule has 4 N–H and O–H groups in total. The number of nitrogens with zero attached hydrogens (tertiary/aromatic N) is 1. The third-order valence-corrected chi connectivity index (χ3v) is 4.56. The van der Waals surface area contributed by atoms with Crippen LogP contribution in [0, 0.1) is 17.3 Å². The molecule has 0 bridgehead atoms. The number of hydrogen-bond donors (Lipinski definition) is 3. The minimum Gasteiger partial charge on any atom is -0.409 e.